The molecule has 0 unspecified atom stereocenters. The number of rotatable bonds is 5. The van der Waals surface area contributed by atoms with Crippen LogP contribution in [0.5, 0.6) is 0 Å². The number of nitrogens with one attached hydrogen (secondary N) is 2. The number of benzene rings is 2. The minimum absolute atomic E-state index is 0.00856. The van der Waals surface area contributed by atoms with Crippen LogP contribution >= 0.6 is 0 Å². The maximum absolute atomic E-state index is 13.4. The Labute approximate surface area is 136 Å². The normalized spacial score (nSPS) is 9.88. The lowest BCUT2D eigenvalue weighted by Crippen LogP contribution is -2.35. The number of carbonyl (C=O) groups excluding carboxylic acids is 2. The molecule has 24 heavy (non-hydrogen) atoms. The van der Waals surface area contributed by atoms with E-state index in [0.29, 0.717) is 11.1 Å². The van der Waals surface area contributed by atoms with Crippen LogP contribution in [0.15, 0.2) is 42.5 Å². The average molecular weight is 329 g/mol. The van der Waals surface area contributed by atoms with Crippen molar-refractivity contribution >= 4 is 11.8 Å². The Morgan fingerprint density at radius 3 is 2.00 bits per heavy atom. The molecule has 0 saturated carbocycles. The van der Waals surface area contributed by atoms with E-state index in [1.807, 2.05) is 6.07 Å². The molecule has 122 valence electrons. The zero-order valence-corrected chi connectivity index (χ0v) is 12.5. The third-order valence-electron chi connectivity index (χ3n) is 3.16. The molecule has 0 aliphatic heterocycles. The van der Waals surface area contributed by atoms with Crippen molar-refractivity contribution in [2.24, 2.45) is 0 Å². The second-order valence-electron chi connectivity index (χ2n) is 4.80. The van der Waals surface area contributed by atoms with Gasteiger partial charge in [0.05, 0.1) is 11.6 Å². The zero-order chi connectivity index (χ0) is 17.5. The third-order valence-corrected chi connectivity index (χ3v) is 3.16. The number of nitriles is 1. The van der Waals surface area contributed by atoms with Crippen LogP contribution in [0.1, 0.15) is 26.3 Å². The molecule has 0 aliphatic rings. The molecule has 7 heteroatoms. The Bertz CT molecular complexity index is 778. The SMILES string of the molecule is N#Cc1ccc(C(=O)NCCNC(=O)c2c(F)cccc2F)cc1. The first-order valence-corrected chi connectivity index (χ1v) is 7.03. The molecule has 2 aromatic carbocycles. The summed E-state index contributed by atoms with van der Waals surface area (Å²) in [6.45, 7) is 0.0925. The quantitative estimate of drug-likeness (QED) is 0.823. The summed E-state index contributed by atoms with van der Waals surface area (Å²) >= 11 is 0. The Morgan fingerprint density at radius 1 is 0.917 bits per heavy atom. The second kappa shape index (κ2) is 7.83. The summed E-state index contributed by atoms with van der Waals surface area (Å²) < 4.78 is 26.9. The van der Waals surface area contributed by atoms with E-state index in [9.17, 15) is 18.4 Å². The number of amides is 2. The number of hydrogen-bond acceptors (Lipinski definition) is 3. The maximum Gasteiger partial charge on any atom is 0.257 e. The van der Waals surface area contributed by atoms with Gasteiger partial charge in [-0.2, -0.15) is 5.26 Å². The van der Waals surface area contributed by atoms with E-state index < -0.39 is 23.1 Å². The Hall–Kier alpha value is -3.27. The molecule has 2 aromatic rings. The van der Waals surface area contributed by atoms with Crippen molar-refractivity contribution in [2.45, 2.75) is 0 Å². The van der Waals surface area contributed by atoms with Crippen LogP contribution in [0.25, 0.3) is 0 Å². The lowest BCUT2D eigenvalue weighted by atomic mass is 10.1. The molecule has 0 radical (unpaired) electrons. The van der Waals surface area contributed by atoms with Gasteiger partial charge in [-0.15, -0.1) is 0 Å². The first-order valence-electron chi connectivity index (χ1n) is 7.03. The first kappa shape index (κ1) is 17.1. The van der Waals surface area contributed by atoms with Crippen molar-refractivity contribution in [1.82, 2.24) is 10.6 Å². The molecule has 0 aliphatic carbocycles. The van der Waals surface area contributed by atoms with E-state index in [-0.39, 0.29) is 19.0 Å². The van der Waals surface area contributed by atoms with Gasteiger partial charge >= 0.3 is 0 Å². The van der Waals surface area contributed by atoms with Gasteiger partial charge in [0.25, 0.3) is 11.8 Å². The molecular formula is C17H13F2N3O2. The van der Waals surface area contributed by atoms with Gasteiger partial charge in [-0.1, -0.05) is 6.07 Å². The predicted molar refractivity (Wildman–Crippen MR) is 82.2 cm³/mol. The monoisotopic (exact) mass is 329 g/mol. The first-order chi connectivity index (χ1) is 11.5. The van der Waals surface area contributed by atoms with Gasteiger partial charge in [0, 0.05) is 18.7 Å². The van der Waals surface area contributed by atoms with E-state index in [4.69, 9.17) is 5.26 Å². The standard InChI is InChI=1S/C17H13F2N3O2/c18-13-2-1-3-14(19)15(13)17(24)22-9-8-21-16(23)12-6-4-11(10-20)5-7-12/h1-7H,8-9H2,(H,21,23)(H,22,24). The molecule has 0 aromatic heterocycles. The highest BCUT2D eigenvalue weighted by Gasteiger charge is 2.16. The lowest BCUT2D eigenvalue weighted by Gasteiger charge is -2.08. The van der Waals surface area contributed by atoms with Crippen LogP contribution in [0, 0.1) is 23.0 Å². The van der Waals surface area contributed by atoms with Crippen LogP contribution in [0.3, 0.4) is 0 Å². The van der Waals surface area contributed by atoms with Gasteiger partial charge < -0.3 is 10.6 Å². The van der Waals surface area contributed by atoms with Crippen LogP contribution in [-0.2, 0) is 0 Å². The molecule has 2 amide bonds. The smallest absolute Gasteiger partial charge is 0.257 e. The number of carbonyl (C=O) groups is 2. The number of hydrogen-bond donors (Lipinski definition) is 2. The Morgan fingerprint density at radius 2 is 1.46 bits per heavy atom. The van der Waals surface area contributed by atoms with E-state index in [2.05, 4.69) is 10.6 Å². The third kappa shape index (κ3) is 4.14. The average Bonchev–Trinajstić information content (AvgIpc) is 2.58. The van der Waals surface area contributed by atoms with Crippen molar-refractivity contribution in [3.05, 3.63) is 70.8 Å². The molecule has 2 N–H and O–H groups in total. The highest BCUT2D eigenvalue weighted by molar-refractivity contribution is 5.95. The molecular weight excluding hydrogens is 316 g/mol. The highest BCUT2D eigenvalue weighted by Crippen LogP contribution is 2.11. The van der Waals surface area contributed by atoms with Crippen molar-refractivity contribution in [2.75, 3.05) is 13.1 Å². The molecule has 5 nitrogen and oxygen atoms in total. The maximum atomic E-state index is 13.4. The minimum Gasteiger partial charge on any atom is -0.350 e. The minimum atomic E-state index is -0.950. The summed E-state index contributed by atoms with van der Waals surface area (Å²) in [6, 6.07) is 11.1. The molecule has 2 rings (SSSR count). The fraction of sp³-hybridized carbons (Fsp3) is 0.118. The summed E-state index contributed by atoms with van der Waals surface area (Å²) in [6.07, 6.45) is 0. The fourth-order valence-electron chi connectivity index (χ4n) is 1.95. The van der Waals surface area contributed by atoms with Crippen molar-refractivity contribution in [3.63, 3.8) is 0 Å². The molecule has 0 atom stereocenters. The fourth-order valence-corrected chi connectivity index (χ4v) is 1.95. The lowest BCUT2D eigenvalue weighted by molar-refractivity contribution is 0.0922. The van der Waals surface area contributed by atoms with Gasteiger partial charge in [0.15, 0.2) is 0 Å². The van der Waals surface area contributed by atoms with E-state index in [1.54, 1.807) is 0 Å². The highest BCUT2D eigenvalue weighted by atomic mass is 19.1. The Kier molecular flexibility index (Phi) is 5.58. The molecule has 0 saturated heterocycles. The summed E-state index contributed by atoms with van der Waals surface area (Å²) in [7, 11) is 0. The van der Waals surface area contributed by atoms with E-state index in [0.717, 1.165) is 12.1 Å². The second-order valence-corrected chi connectivity index (χ2v) is 4.80. The predicted octanol–water partition coefficient (Wildman–Crippen LogP) is 2.00. The van der Waals surface area contributed by atoms with Gasteiger partial charge in [0.2, 0.25) is 0 Å². The molecule has 0 fully saturated rings. The number of nitrogens with zero attached hydrogens (tertiary/aromatic N) is 1. The van der Waals surface area contributed by atoms with Gasteiger partial charge in [-0.05, 0) is 36.4 Å². The van der Waals surface area contributed by atoms with E-state index >= 15 is 0 Å². The number of halogens is 2. The summed E-state index contributed by atoms with van der Waals surface area (Å²) in [5.41, 5.74) is 0.141. The van der Waals surface area contributed by atoms with Crippen LogP contribution in [-0.4, -0.2) is 24.9 Å². The van der Waals surface area contributed by atoms with Crippen molar-refractivity contribution in [1.29, 1.82) is 5.26 Å². The molecule has 0 heterocycles. The topological polar surface area (TPSA) is 82.0 Å². The summed E-state index contributed by atoms with van der Waals surface area (Å²) in [5, 5.41) is 13.6. The Balaban J connectivity index is 1.83. The summed E-state index contributed by atoms with van der Waals surface area (Å²) in [5.74, 6) is -3.17. The van der Waals surface area contributed by atoms with Gasteiger partial charge in [0.1, 0.15) is 17.2 Å². The molecule has 0 spiro atoms. The summed E-state index contributed by atoms with van der Waals surface area (Å²) in [4.78, 5) is 23.6. The molecule has 0 bridgehead atoms. The van der Waals surface area contributed by atoms with Crippen LogP contribution < -0.4 is 10.6 Å². The van der Waals surface area contributed by atoms with Gasteiger partial charge in [-0.25, -0.2) is 8.78 Å². The van der Waals surface area contributed by atoms with Crippen LogP contribution in [0.2, 0.25) is 0 Å². The largest absolute Gasteiger partial charge is 0.350 e. The van der Waals surface area contributed by atoms with E-state index in [1.165, 1.54) is 30.3 Å². The van der Waals surface area contributed by atoms with Gasteiger partial charge in [-0.3, -0.25) is 9.59 Å². The van der Waals surface area contributed by atoms with Crippen LogP contribution in [0.4, 0.5) is 8.78 Å². The van der Waals surface area contributed by atoms with Crippen molar-refractivity contribution < 1.29 is 18.4 Å². The zero-order valence-electron chi connectivity index (χ0n) is 12.5. The van der Waals surface area contributed by atoms with Crippen molar-refractivity contribution in [3.8, 4) is 6.07 Å².